The number of carbonyl (C=O) groups excluding carboxylic acids is 1. The maximum absolute atomic E-state index is 12.3. The third-order valence-corrected chi connectivity index (χ3v) is 4.71. The van der Waals surface area contributed by atoms with Crippen molar-refractivity contribution in [3.8, 4) is 0 Å². The molecule has 6 heteroatoms. The summed E-state index contributed by atoms with van der Waals surface area (Å²) < 4.78 is 12.1. The van der Waals surface area contributed by atoms with Gasteiger partial charge in [0.15, 0.2) is 0 Å². The largest absolute Gasteiger partial charge is 0.370 e. The molecule has 0 aliphatic carbocycles. The molecule has 6 nitrogen and oxygen atoms in total. The quantitative estimate of drug-likeness (QED) is 0.813. The molecule has 0 unspecified atom stereocenters. The van der Waals surface area contributed by atoms with E-state index in [2.05, 4.69) is 4.98 Å². The first kappa shape index (κ1) is 17.3. The molecule has 0 radical (unpaired) electrons. The summed E-state index contributed by atoms with van der Waals surface area (Å²) in [5.41, 5.74) is 0.708. The molecule has 0 aromatic carbocycles. The van der Waals surface area contributed by atoms with Crippen LogP contribution < -0.4 is 0 Å². The van der Waals surface area contributed by atoms with Gasteiger partial charge in [0, 0.05) is 25.7 Å². The lowest BCUT2D eigenvalue weighted by atomic mass is 9.89. The smallest absolute Gasteiger partial charge is 0.236 e. The second kappa shape index (κ2) is 7.59. The number of carbonyl (C=O) groups is 1. The molecule has 1 aromatic rings. The molecule has 24 heavy (non-hydrogen) atoms. The van der Waals surface area contributed by atoms with Gasteiger partial charge < -0.3 is 19.3 Å². The van der Waals surface area contributed by atoms with Gasteiger partial charge >= 0.3 is 0 Å². The highest BCUT2D eigenvalue weighted by molar-refractivity contribution is 5.78. The molecule has 1 aromatic heterocycles. The Morgan fingerprint density at radius 3 is 3.12 bits per heavy atom. The van der Waals surface area contributed by atoms with Gasteiger partial charge in [0.05, 0.1) is 37.2 Å². The van der Waals surface area contributed by atoms with E-state index in [4.69, 9.17) is 9.47 Å². The van der Waals surface area contributed by atoms with Gasteiger partial charge in [-0.3, -0.25) is 9.78 Å². The van der Waals surface area contributed by atoms with Crippen LogP contribution in [0.4, 0.5) is 0 Å². The highest BCUT2D eigenvalue weighted by Crippen LogP contribution is 2.36. The van der Waals surface area contributed by atoms with Crippen LogP contribution in [0.15, 0.2) is 24.4 Å². The Morgan fingerprint density at radius 2 is 2.38 bits per heavy atom. The second-order valence-electron chi connectivity index (χ2n) is 7.11. The first-order valence-electron chi connectivity index (χ1n) is 8.64. The lowest BCUT2D eigenvalue weighted by Crippen LogP contribution is -2.52. The van der Waals surface area contributed by atoms with Gasteiger partial charge in [0.25, 0.3) is 0 Å². The number of piperidine rings is 1. The molecule has 1 amide bonds. The Balaban J connectivity index is 1.52. The molecule has 2 aliphatic rings. The zero-order valence-electron chi connectivity index (χ0n) is 14.6. The molecule has 2 saturated heterocycles. The number of likely N-dealkylation sites (tertiary alicyclic amines) is 1. The number of hydrogen-bond acceptors (Lipinski definition) is 5. The predicted octanol–water partition coefficient (Wildman–Crippen LogP) is 1.31. The van der Waals surface area contributed by atoms with Crippen molar-refractivity contribution in [2.45, 2.75) is 37.6 Å². The zero-order chi connectivity index (χ0) is 17.0. The van der Waals surface area contributed by atoms with Crippen molar-refractivity contribution < 1.29 is 14.3 Å². The van der Waals surface area contributed by atoms with E-state index in [0.717, 1.165) is 31.5 Å². The highest BCUT2D eigenvalue weighted by Gasteiger charge is 2.44. The Bertz CT molecular complexity index is 552. The number of amides is 1. The topological polar surface area (TPSA) is 54.9 Å². The molecule has 2 atom stereocenters. The van der Waals surface area contributed by atoms with Gasteiger partial charge in [0.2, 0.25) is 5.91 Å². The van der Waals surface area contributed by atoms with Crippen molar-refractivity contribution >= 4 is 5.91 Å². The zero-order valence-corrected chi connectivity index (χ0v) is 14.6. The summed E-state index contributed by atoms with van der Waals surface area (Å²) in [5.74, 6) is 0.181. The lowest BCUT2D eigenvalue weighted by Gasteiger charge is -2.40. The molecular weight excluding hydrogens is 306 g/mol. The average molecular weight is 333 g/mol. The van der Waals surface area contributed by atoms with Crippen LogP contribution in [-0.4, -0.2) is 72.7 Å². The summed E-state index contributed by atoms with van der Waals surface area (Å²) in [6.07, 6.45) is 4.71. The van der Waals surface area contributed by atoms with E-state index in [1.54, 1.807) is 6.20 Å². The van der Waals surface area contributed by atoms with E-state index in [-0.39, 0.29) is 17.6 Å². The number of likely N-dealkylation sites (N-methyl/N-ethyl adjacent to an activating group) is 1. The molecular formula is C18H27N3O3. The lowest BCUT2D eigenvalue weighted by molar-refractivity contribution is -0.139. The molecule has 0 N–H and O–H groups in total. The van der Waals surface area contributed by atoms with Crippen LogP contribution in [0.2, 0.25) is 0 Å². The van der Waals surface area contributed by atoms with Crippen LogP contribution in [-0.2, 0) is 20.9 Å². The number of hydrogen-bond donors (Lipinski definition) is 0. The third kappa shape index (κ3) is 4.32. The number of nitrogens with zero attached hydrogens (tertiary/aromatic N) is 3. The maximum Gasteiger partial charge on any atom is 0.236 e. The Labute approximate surface area is 143 Å². The van der Waals surface area contributed by atoms with E-state index in [1.165, 1.54) is 0 Å². The van der Waals surface area contributed by atoms with Crippen LogP contribution >= 0.6 is 0 Å². The third-order valence-electron chi connectivity index (χ3n) is 4.71. The van der Waals surface area contributed by atoms with Crippen molar-refractivity contribution in [3.63, 3.8) is 0 Å². The van der Waals surface area contributed by atoms with Gasteiger partial charge in [-0.25, -0.2) is 0 Å². The fourth-order valence-corrected chi connectivity index (χ4v) is 3.56. The van der Waals surface area contributed by atoms with E-state index in [0.29, 0.717) is 26.3 Å². The van der Waals surface area contributed by atoms with Gasteiger partial charge in [0.1, 0.15) is 0 Å². The maximum atomic E-state index is 12.3. The number of ether oxygens (including phenoxy) is 2. The predicted molar refractivity (Wildman–Crippen MR) is 90.5 cm³/mol. The molecule has 3 heterocycles. The standard InChI is InChI=1S/C18H27N3O3/c1-20(2)11-17(22)21-9-5-7-18(14-21)10-16(13-24-18)23-12-15-6-3-4-8-19-15/h3-4,6,8,16H,5,7,9-14H2,1-2H3/t16-,18-/m0/s1. The molecule has 132 valence electrons. The van der Waals surface area contributed by atoms with Crippen molar-refractivity contribution in [2.75, 3.05) is 40.3 Å². The van der Waals surface area contributed by atoms with Crippen LogP contribution in [0.3, 0.4) is 0 Å². The molecule has 0 saturated carbocycles. The van der Waals surface area contributed by atoms with E-state index in [9.17, 15) is 4.79 Å². The van der Waals surface area contributed by atoms with Crippen LogP contribution in [0.1, 0.15) is 25.0 Å². The first-order chi connectivity index (χ1) is 11.6. The second-order valence-corrected chi connectivity index (χ2v) is 7.11. The fourth-order valence-electron chi connectivity index (χ4n) is 3.56. The Kier molecular flexibility index (Phi) is 5.48. The van der Waals surface area contributed by atoms with Gasteiger partial charge in [-0.2, -0.15) is 0 Å². The van der Waals surface area contributed by atoms with E-state index >= 15 is 0 Å². The molecule has 1 spiro atoms. The number of aromatic nitrogens is 1. The molecule has 0 bridgehead atoms. The minimum absolute atomic E-state index is 0.0795. The minimum atomic E-state index is -0.227. The van der Waals surface area contributed by atoms with E-state index < -0.39 is 0 Å². The monoisotopic (exact) mass is 333 g/mol. The SMILES string of the molecule is CN(C)CC(=O)N1CCC[C@]2(C[C@H](OCc3ccccn3)CO2)C1. The average Bonchev–Trinajstić information content (AvgIpc) is 2.96. The highest BCUT2D eigenvalue weighted by atomic mass is 16.6. The van der Waals surface area contributed by atoms with Crippen molar-refractivity contribution in [3.05, 3.63) is 30.1 Å². The van der Waals surface area contributed by atoms with Crippen molar-refractivity contribution in [2.24, 2.45) is 0 Å². The Morgan fingerprint density at radius 1 is 1.50 bits per heavy atom. The van der Waals surface area contributed by atoms with Crippen LogP contribution in [0.25, 0.3) is 0 Å². The van der Waals surface area contributed by atoms with Crippen LogP contribution in [0, 0.1) is 0 Å². The van der Waals surface area contributed by atoms with Crippen molar-refractivity contribution in [1.82, 2.24) is 14.8 Å². The molecule has 2 fully saturated rings. The van der Waals surface area contributed by atoms with Gasteiger partial charge in [-0.05, 0) is 39.1 Å². The van der Waals surface area contributed by atoms with Gasteiger partial charge in [-0.15, -0.1) is 0 Å². The van der Waals surface area contributed by atoms with Crippen LogP contribution in [0.5, 0.6) is 0 Å². The van der Waals surface area contributed by atoms with Crippen molar-refractivity contribution in [1.29, 1.82) is 0 Å². The summed E-state index contributed by atoms with van der Waals surface area (Å²) in [7, 11) is 3.84. The fraction of sp³-hybridized carbons (Fsp3) is 0.667. The first-order valence-corrected chi connectivity index (χ1v) is 8.64. The normalized spacial score (nSPS) is 27.1. The minimum Gasteiger partial charge on any atom is -0.370 e. The summed E-state index contributed by atoms with van der Waals surface area (Å²) >= 11 is 0. The summed E-state index contributed by atoms with van der Waals surface area (Å²) in [6.45, 7) is 3.08. The van der Waals surface area contributed by atoms with E-state index in [1.807, 2.05) is 42.1 Å². The molecule has 3 rings (SSSR count). The summed E-state index contributed by atoms with van der Waals surface area (Å²) in [5, 5.41) is 0. The Hall–Kier alpha value is -1.50. The van der Waals surface area contributed by atoms with Gasteiger partial charge in [-0.1, -0.05) is 6.07 Å². The number of rotatable bonds is 5. The number of pyridine rings is 1. The summed E-state index contributed by atoms with van der Waals surface area (Å²) in [6, 6.07) is 5.83. The molecule has 2 aliphatic heterocycles. The summed E-state index contributed by atoms with van der Waals surface area (Å²) in [4.78, 5) is 20.5.